The summed E-state index contributed by atoms with van der Waals surface area (Å²) in [6, 6.07) is 3.20. The second-order valence-electron chi connectivity index (χ2n) is 4.06. The van der Waals surface area contributed by atoms with Gasteiger partial charge in [0.2, 0.25) is 5.91 Å². The predicted molar refractivity (Wildman–Crippen MR) is 75.7 cm³/mol. The molecule has 0 aromatic heterocycles. The number of ether oxygens (including phenoxy) is 1. The summed E-state index contributed by atoms with van der Waals surface area (Å²) in [6.07, 6.45) is 1.17. The molecule has 1 aromatic rings. The Balaban J connectivity index is 2.75. The molecule has 0 saturated heterocycles. The van der Waals surface area contributed by atoms with Gasteiger partial charge in [0.05, 0.1) is 24.4 Å². The minimum atomic E-state index is -0.167. The van der Waals surface area contributed by atoms with Gasteiger partial charge in [0.15, 0.2) is 0 Å². The molecule has 0 radical (unpaired) electrons. The quantitative estimate of drug-likeness (QED) is 0.668. The molecule has 0 aliphatic heterocycles. The van der Waals surface area contributed by atoms with Crippen LogP contribution in [0.25, 0.3) is 0 Å². The first-order chi connectivity index (χ1) is 9.12. The van der Waals surface area contributed by atoms with Gasteiger partial charge in [0.25, 0.3) is 0 Å². The number of hydrogen-bond acceptors (Lipinski definition) is 4. The van der Waals surface area contributed by atoms with Crippen molar-refractivity contribution in [2.75, 3.05) is 26.0 Å². The van der Waals surface area contributed by atoms with Gasteiger partial charge in [0.1, 0.15) is 5.75 Å². The number of nitrogens with one attached hydrogen (secondary N) is 2. The molecule has 0 unspecified atom stereocenters. The zero-order valence-electron chi connectivity index (χ0n) is 11.1. The SMILES string of the molecule is CNCCCC(=O)Nc1cc(OC)c(CO)cc1Cl. The van der Waals surface area contributed by atoms with E-state index in [9.17, 15) is 4.79 Å². The van der Waals surface area contributed by atoms with Gasteiger partial charge < -0.3 is 20.5 Å². The molecular weight excluding hydrogens is 268 g/mol. The molecule has 0 aliphatic rings. The molecule has 0 bridgehead atoms. The van der Waals surface area contributed by atoms with E-state index in [2.05, 4.69) is 10.6 Å². The normalized spacial score (nSPS) is 10.3. The maximum absolute atomic E-state index is 11.7. The first-order valence-electron chi connectivity index (χ1n) is 6.04. The van der Waals surface area contributed by atoms with Crippen LogP contribution in [-0.2, 0) is 11.4 Å². The number of anilines is 1. The van der Waals surface area contributed by atoms with E-state index in [0.717, 1.165) is 13.0 Å². The lowest BCUT2D eigenvalue weighted by Gasteiger charge is -2.12. The summed E-state index contributed by atoms with van der Waals surface area (Å²) in [5, 5.41) is 15.3. The maximum atomic E-state index is 11.7. The summed E-state index contributed by atoms with van der Waals surface area (Å²) in [7, 11) is 3.34. The average Bonchev–Trinajstić information content (AvgIpc) is 2.40. The van der Waals surface area contributed by atoms with E-state index in [1.54, 1.807) is 12.1 Å². The summed E-state index contributed by atoms with van der Waals surface area (Å²) >= 11 is 6.05. The van der Waals surface area contributed by atoms with Crippen LogP contribution in [0.5, 0.6) is 5.75 Å². The second kappa shape index (κ2) is 7.99. The van der Waals surface area contributed by atoms with E-state index in [1.165, 1.54) is 7.11 Å². The van der Waals surface area contributed by atoms with Crippen molar-refractivity contribution in [3.8, 4) is 5.75 Å². The highest BCUT2D eigenvalue weighted by atomic mass is 35.5. The first kappa shape index (κ1) is 15.8. The van der Waals surface area contributed by atoms with Crippen LogP contribution < -0.4 is 15.4 Å². The minimum absolute atomic E-state index is 0.101. The van der Waals surface area contributed by atoms with Gasteiger partial charge in [-0.15, -0.1) is 0 Å². The molecule has 0 atom stereocenters. The lowest BCUT2D eigenvalue weighted by atomic mass is 10.2. The monoisotopic (exact) mass is 286 g/mol. The third-order valence-corrected chi connectivity index (χ3v) is 2.96. The van der Waals surface area contributed by atoms with E-state index >= 15 is 0 Å². The van der Waals surface area contributed by atoms with Crippen LogP contribution in [0.15, 0.2) is 12.1 Å². The molecule has 0 fully saturated rings. The highest BCUT2D eigenvalue weighted by molar-refractivity contribution is 6.33. The number of aliphatic hydroxyl groups excluding tert-OH is 1. The molecule has 19 heavy (non-hydrogen) atoms. The van der Waals surface area contributed by atoms with Crippen molar-refractivity contribution in [1.82, 2.24) is 5.32 Å². The fourth-order valence-electron chi connectivity index (χ4n) is 1.64. The fourth-order valence-corrected chi connectivity index (χ4v) is 1.88. The minimum Gasteiger partial charge on any atom is -0.496 e. The largest absolute Gasteiger partial charge is 0.496 e. The van der Waals surface area contributed by atoms with Crippen LogP contribution in [0, 0.1) is 0 Å². The number of carbonyl (C=O) groups is 1. The Morgan fingerprint density at radius 3 is 2.79 bits per heavy atom. The zero-order valence-corrected chi connectivity index (χ0v) is 11.9. The van der Waals surface area contributed by atoms with Crippen LogP contribution >= 0.6 is 11.6 Å². The molecule has 0 heterocycles. The smallest absolute Gasteiger partial charge is 0.224 e. The van der Waals surface area contributed by atoms with Crippen LogP contribution in [0.2, 0.25) is 5.02 Å². The van der Waals surface area contributed by atoms with Gasteiger partial charge in [-0.05, 0) is 26.1 Å². The Morgan fingerprint density at radius 1 is 1.47 bits per heavy atom. The molecule has 6 heteroatoms. The van der Waals surface area contributed by atoms with Crippen molar-refractivity contribution in [2.45, 2.75) is 19.4 Å². The zero-order chi connectivity index (χ0) is 14.3. The summed E-state index contributed by atoms with van der Waals surface area (Å²) in [5.74, 6) is 0.397. The summed E-state index contributed by atoms with van der Waals surface area (Å²) in [5.41, 5.74) is 1.07. The van der Waals surface area contributed by atoms with Crippen molar-refractivity contribution < 1.29 is 14.6 Å². The summed E-state index contributed by atoms with van der Waals surface area (Å²) in [4.78, 5) is 11.7. The lowest BCUT2D eigenvalue weighted by molar-refractivity contribution is -0.116. The Kier molecular flexibility index (Phi) is 6.62. The number of amides is 1. The van der Waals surface area contributed by atoms with Gasteiger partial charge in [0, 0.05) is 18.1 Å². The first-order valence-corrected chi connectivity index (χ1v) is 6.42. The maximum Gasteiger partial charge on any atom is 0.224 e. The van der Waals surface area contributed by atoms with E-state index in [4.69, 9.17) is 21.4 Å². The molecule has 0 aliphatic carbocycles. The molecule has 106 valence electrons. The molecule has 0 saturated carbocycles. The average molecular weight is 287 g/mol. The van der Waals surface area contributed by atoms with Crippen LogP contribution in [0.1, 0.15) is 18.4 Å². The predicted octanol–water partition coefficient (Wildman–Crippen LogP) is 1.78. The molecule has 1 amide bonds. The van der Waals surface area contributed by atoms with Crippen molar-refractivity contribution in [2.24, 2.45) is 0 Å². The molecule has 1 aromatic carbocycles. The van der Waals surface area contributed by atoms with Crippen LogP contribution in [-0.4, -0.2) is 31.7 Å². The number of halogens is 1. The van der Waals surface area contributed by atoms with Crippen LogP contribution in [0.3, 0.4) is 0 Å². The fraction of sp³-hybridized carbons (Fsp3) is 0.462. The lowest BCUT2D eigenvalue weighted by Crippen LogP contribution is -2.15. The van der Waals surface area contributed by atoms with Crippen molar-refractivity contribution in [3.05, 3.63) is 22.7 Å². The van der Waals surface area contributed by atoms with E-state index in [0.29, 0.717) is 28.4 Å². The van der Waals surface area contributed by atoms with Gasteiger partial charge in [-0.1, -0.05) is 11.6 Å². The highest BCUT2D eigenvalue weighted by Gasteiger charge is 2.11. The Morgan fingerprint density at radius 2 is 2.21 bits per heavy atom. The van der Waals surface area contributed by atoms with Crippen molar-refractivity contribution in [3.63, 3.8) is 0 Å². The molecule has 0 spiro atoms. The third-order valence-electron chi connectivity index (χ3n) is 2.65. The Bertz CT molecular complexity index is 438. The number of carbonyl (C=O) groups excluding carboxylic acids is 1. The standard InChI is InChI=1S/C13H19ClN2O3/c1-15-5-3-4-13(18)16-11-7-12(19-2)9(8-17)6-10(11)14/h6-7,15,17H,3-5,8H2,1-2H3,(H,16,18). The second-order valence-corrected chi connectivity index (χ2v) is 4.46. The Labute approximate surface area is 117 Å². The number of rotatable bonds is 7. The Hall–Kier alpha value is -1.30. The molecule has 3 N–H and O–H groups in total. The van der Waals surface area contributed by atoms with Crippen LogP contribution in [0.4, 0.5) is 5.69 Å². The van der Waals surface area contributed by atoms with E-state index in [1.807, 2.05) is 7.05 Å². The number of methoxy groups -OCH3 is 1. The highest BCUT2D eigenvalue weighted by Crippen LogP contribution is 2.31. The van der Waals surface area contributed by atoms with Gasteiger partial charge >= 0.3 is 0 Å². The van der Waals surface area contributed by atoms with Gasteiger partial charge in [-0.25, -0.2) is 0 Å². The van der Waals surface area contributed by atoms with Gasteiger partial charge in [-0.3, -0.25) is 4.79 Å². The topological polar surface area (TPSA) is 70.6 Å². The molecule has 1 rings (SSSR count). The number of aliphatic hydroxyl groups is 1. The summed E-state index contributed by atoms with van der Waals surface area (Å²) in [6.45, 7) is 0.618. The van der Waals surface area contributed by atoms with Crippen molar-refractivity contribution >= 4 is 23.2 Å². The number of hydrogen-bond donors (Lipinski definition) is 3. The molecule has 5 nitrogen and oxygen atoms in total. The summed E-state index contributed by atoms with van der Waals surface area (Å²) < 4.78 is 5.13. The van der Waals surface area contributed by atoms with Gasteiger partial charge in [-0.2, -0.15) is 0 Å². The van der Waals surface area contributed by atoms with Crippen molar-refractivity contribution in [1.29, 1.82) is 0 Å². The van der Waals surface area contributed by atoms with E-state index in [-0.39, 0.29) is 12.5 Å². The third kappa shape index (κ3) is 4.70. The molecular formula is C13H19ClN2O3. The van der Waals surface area contributed by atoms with E-state index < -0.39 is 0 Å². The number of benzene rings is 1.